The first-order valence-corrected chi connectivity index (χ1v) is 9.54. The van der Waals surface area contributed by atoms with Crippen molar-refractivity contribution in [2.75, 3.05) is 5.32 Å². The molecule has 0 saturated carbocycles. The Balaban J connectivity index is 1.74. The molecule has 0 fully saturated rings. The Bertz CT molecular complexity index is 1360. The third kappa shape index (κ3) is 3.09. The van der Waals surface area contributed by atoms with E-state index in [0.29, 0.717) is 29.0 Å². The number of para-hydroxylation sites is 1. The van der Waals surface area contributed by atoms with Gasteiger partial charge in [-0.25, -0.2) is 4.79 Å². The highest BCUT2D eigenvalue weighted by Gasteiger charge is 2.22. The molecule has 142 valence electrons. The van der Waals surface area contributed by atoms with Crippen molar-refractivity contribution in [3.05, 3.63) is 100 Å². The van der Waals surface area contributed by atoms with Crippen LogP contribution in [0.3, 0.4) is 0 Å². The van der Waals surface area contributed by atoms with Crippen LogP contribution in [0.4, 0.5) is 5.88 Å². The summed E-state index contributed by atoms with van der Waals surface area (Å²) in [6, 6.07) is 25.6. The van der Waals surface area contributed by atoms with Crippen molar-refractivity contribution >= 4 is 27.8 Å². The van der Waals surface area contributed by atoms with Gasteiger partial charge in [0.25, 0.3) is 0 Å². The van der Waals surface area contributed by atoms with E-state index in [1.165, 1.54) is 0 Å². The van der Waals surface area contributed by atoms with Gasteiger partial charge in [-0.3, -0.25) is 0 Å². The molecule has 0 aliphatic carbocycles. The zero-order valence-electron chi connectivity index (χ0n) is 15.9. The molecule has 0 amide bonds. The maximum atomic E-state index is 12.9. The van der Waals surface area contributed by atoms with Crippen molar-refractivity contribution < 1.29 is 8.83 Å². The zero-order chi connectivity index (χ0) is 19.8. The third-order valence-corrected chi connectivity index (χ3v) is 5.08. The van der Waals surface area contributed by atoms with E-state index in [4.69, 9.17) is 8.83 Å². The van der Waals surface area contributed by atoms with Crippen LogP contribution in [-0.4, -0.2) is 0 Å². The predicted molar refractivity (Wildman–Crippen MR) is 116 cm³/mol. The lowest BCUT2D eigenvalue weighted by molar-refractivity contribution is 0.565. The van der Waals surface area contributed by atoms with Crippen molar-refractivity contribution in [1.82, 2.24) is 0 Å². The van der Waals surface area contributed by atoms with Gasteiger partial charge in [-0.1, -0.05) is 72.3 Å². The average Bonchev–Trinajstić information content (AvgIpc) is 3.14. The van der Waals surface area contributed by atoms with Crippen molar-refractivity contribution in [1.29, 1.82) is 0 Å². The van der Waals surface area contributed by atoms with E-state index in [2.05, 4.69) is 5.32 Å². The van der Waals surface area contributed by atoms with Gasteiger partial charge in [0.05, 0.1) is 10.9 Å². The van der Waals surface area contributed by atoms with Crippen molar-refractivity contribution in [3.63, 3.8) is 0 Å². The molecule has 3 aromatic carbocycles. The van der Waals surface area contributed by atoms with E-state index < -0.39 is 5.63 Å². The Hall–Kier alpha value is -3.79. The minimum atomic E-state index is -0.397. The summed E-state index contributed by atoms with van der Waals surface area (Å²) in [6.07, 6.45) is 0. The summed E-state index contributed by atoms with van der Waals surface area (Å²) in [7, 11) is 0. The van der Waals surface area contributed by atoms with E-state index >= 15 is 0 Å². The Morgan fingerprint density at radius 3 is 2.34 bits per heavy atom. The molecule has 0 aliphatic rings. The van der Waals surface area contributed by atoms with Crippen molar-refractivity contribution in [2.45, 2.75) is 13.5 Å². The summed E-state index contributed by atoms with van der Waals surface area (Å²) in [5, 5.41) is 4.62. The molecule has 0 aliphatic heterocycles. The molecule has 5 aromatic rings. The number of furan rings is 1. The summed E-state index contributed by atoms with van der Waals surface area (Å²) in [6.45, 7) is 2.62. The van der Waals surface area contributed by atoms with Gasteiger partial charge in [-0.15, -0.1) is 0 Å². The topological polar surface area (TPSA) is 55.4 Å². The van der Waals surface area contributed by atoms with Gasteiger partial charge < -0.3 is 14.2 Å². The second kappa shape index (κ2) is 6.99. The number of fused-ring (bicyclic) bond motifs is 3. The van der Waals surface area contributed by atoms with Crippen molar-refractivity contribution in [2.24, 2.45) is 0 Å². The molecule has 0 bridgehead atoms. The first-order valence-electron chi connectivity index (χ1n) is 9.54. The number of anilines is 1. The summed E-state index contributed by atoms with van der Waals surface area (Å²) in [5.74, 6) is 0.566. The molecule has 0 unspecified atom stereocenters. The quantitative estimate of drug-likeness (QED) is 0.381. The minimum Gasteiger partial charge on any atom is -0.439 e. The fourth-order valence-electron chi connectivity index (χ4n) is 3.61. The summed E-state index contributed by atoms with van der Waals surface area (Å²) >= 11 is 0. The molecule has 1 N–H and O–H groups in total. The number of rotatable bonds is 4. The largest absolute Gasteiger partial charge is 0.439 e. The van der Waals surface area contributed by atoms with Crippen LogP contribution in [0.15, 0.2) is 92.5 Å². The lowest BCUT2D eigenvalue weighted by atomic mass is 10.0. The molecule has 0 radical (unpaired) electrons. The molecular weight excluding hydrogens is 362 g/mol. The van der Waals surface area contributed by atoms with Gasteiger partial charge >= 0.3 is 5.63 Å². The Labute approximate surface area is 167 Å². The zero-order valence-corrected chi connectivity index (χ0v) is 15.9. The van der Waals surface area contributed by atoms with E-state index in [-0.39, 0.29) is 0 Å². The predicted octanol–water partition coefficient (Wildman–Crippen LogP) is 6.13. The van der Waals surface area contributed by atoms with Gasteiger partial charge in [0, 0.05) is 6.54 Å². The van der Waals surface area contributed by atoms with Crippen LogP contribution in [0.1, 0.15) is 11.1 Å². The van der Waals surface area contributed by atoms with Gasteiger partial charge in [-0.05, 0) is 30.2 Å². The van der Waals surface area contributed by atoms with Gasteiger partial charge in [0.2, 0.25) is 5.88 Å². The van der Waals surface area contributed by atoms with Crippen LogP contribution >= 0.6 is 0 Å². The van der Waals surface area contributed by atoms with Crippen LogP contribution in [0.25, 0.3) is 33.1 Å². The number of hydrogen-bond donors (Lipinski definition) is 1. The highest BCUT2D eigenvalue weighted by Crippen LogP contribution is 2.39. The summed E-state index contributed by atoms with van der Waals surface area (Å²) in [4.78, 5) is 12.9. The molecule has 2 aromatic heterocycles. The molecule has 4 nitrogen and oxygen atoms in total. The standard InChI is InChI=1S/C25H19NO3/c1-16-11-13-18(14-12-16)21-22-23(19-9-5-6-10-20(19)28-25(22)27)29-24(21)26-15-17-7-3-2-4-8-17/h2-14,26H,15H2,1H3. The smallest absolute Gasteiger partial charge is 0.348 e. The summed E-state index contributed by atoms with van der Waals surface area (Å²) < 4.78 is 11.8. The first kappa shape index (κ1) is 17.3. The normalized spacial score (nSPS) is 11.2. The Kier molecular flexibility index (Phi) is 4.17. The molecule has 29 heavy (non-hydrogen) atoms. The molecule has 0 atom stereocenters. The monoisotopic (exact) mass is 381 g/mol. The molecule has 4 heteroatoms. The van der Waals surface area contributed by atoms with Gasteiger partial charge in [0.1, 0.15) is 11.0 Å². The van der Waals surface area contributed by atoms with Crippen LogP contribution in [0, 0.1) is 6.92 Å². The average molecular weight is 381 g/mol. The molecular formula is C25H19NO3. The Morgan fingerprint density at radius 2 is 1.55 bits per heavy atom. The van der Waals surface area contributed by atoms with Crippen LogP contribution in [0.5, 0.6) is 0 Å². The fourth-order valence-corrected chi connectivity index (χ4v) is 3.61. The van der Waals surface area contributed by atoms with Gasteiger partial charge in [-0.2, -0.15) is 0 Å². The number of aryl methyl sites for hydroxylation is 1. The lowest BCUT2D eigenvalue weighted by Crippen LogP contribution is -2.01. The number of benzene rings is 3. The highest BCUT2D eigenvalue weighted by molar-refractivity contribution is 6.09. The van der Waals surface area contributed by atoms with Crippen LogP contribution in [0.2, 0.25) is 0 Å². The van der Waals surface area contributed by atoms with E-state index in [9.17, 15) is 4.79 Å². The molecule has 2 heterocycles. The third-order valence-electron chi connectivity index (χ3n) is 5.08. The fraction of sp³-hybridized carbons (Fsp3) is 0.0800. The van der Waals surface area contributed by atoms with Crippen molar-refractivity contribution in [3.8, 4) is 11.1 Å². The molecule has 0 saturated heterocycles. The van der Waals surface area contributed by atoms with E-state index in [0.717, 1.165) is 27.6 Å². The Morgan fingerprint density at radius 1 is 0.828 bits per heavy atom. The molecule has 0 spiro atoms. The minimum absolute atomic E-state index is 0.397. The second-order valence-electron chi connectivity index (χ2n) is 7.10. The van der Waals surface area contributed by atoms with Crippen LogP contribution < -0.4 is 10.9 Å². The highest BCUT2D eigenvalue weighted by atomic mass is 16.4. The maximum Gasteiger partial charge on any atom is 0.348 e. The number of hydrogen-bond acceptors (Lipinski definition) is 4. The molecule has 5 rings (SSSR count). The van der Waals surface area contributed by atoms with E-state index in [1.807, 2.05) is 79.7 Å². The summed E-state index contributed by atoms with van der Waals surface area (Å²) in [5.41, 5.74) is 4.58. The second-order valence-corrected chi connectivity index (χ2v) is 7.10. The first-order chi connectivity index (χ1) is 14.2. The van der Waals surface area contributed by atoms with E-state index in [1.54, 1.807) is 6.07 Å². The SMILES string of the molecule is Cc1ccc(-c2c(NCc3ccccc3)oc3c2c(=O)oc2ccccc23)cc1. The lowest BCUT2D eigenvalue weighted by Gasteiger charge is -2.07. The van der Waals surface area contributed by atoms with Crippen LogP contribution in [-0.2, 0) is 6.54 Å². The number of nitrogens with one attached hydrogen (secondary N) is 1. The maximum absolute atomic E-state index is 12.9. The van der Waals surface area contributed by atoms with Gasteiger partial charge in [0.15, 0.2) is 5.58 Å².